The predicted octanol–water partition coefficient (Wildman–Crippen LogP) is 4.48. The van der Waals surface area contributed by atoms with Crippen molar-refractivity contribution < 1.29 is 4.74 Å². The summed E-state index contributed by atoms with van der Waals surface area (Å²) in [5, 5.41) is 11.3. The molecule has 0 aliphatic heterocycles. The third-order valence-corrected chi connectivity index (χ3v) is 5.34. The Bertz CT molecular complexity index is 1340. The largest absolute Gasteiger partial charge is 0.424 e. The van der Waals surface area contributed by atoms with Gasteiger partial charge in [0, 0.05) is 24.0 Å². The van der Waals surface area contributed by atoms with Crippen molar-refractivity contribution in [2.45, 2.75) is 5.92 Å². The third-order valence-electron chi connectivity index (χ3n) is 4.29. The second-order valence-electron chi connectivity index (χ2n) is 6.17. The summed E-state index contributed by atoms with van der Waals surface area (Å²) in [4.78, 5) is 22.5. The molecule has 0 bridgehead atoms. The molecule has 1 unspecified atom stereocenters. The van der Waals surface area contributed by atoms with Gasteiger partial charge >= 0.3 is 6.01 Å². The Morgan fingerprint density at radius 3 is 2.69 bits per heavy atom. The van der Waals surface area contributed by atoms with Crippen LogP contribution in [0.5, 0.6) is 11.8 Å². The highest BCUT2D eigenvalue weighted by Gasteiger charge is 2.21. The molecule has 4 heterocycles. The van der Waals surface area contributed by atoms with Crippen LogP contribution in [0.1, 0.15) is 16.6 Å². The Morgan fingerprint density at radius 1 is 0.897 bits per heavy atom. The molecule has 1 atom stereocenters. The fraction of sp³-hybridized carbons (Fsp3) is 0.0476. The summed E-state index contributed by atoms with van der Waals surface area (Å²) >= 11 is 1.38. The van der Waals surface area contributed by atoms with Gasteiger partial charge in [-0.05, 0) is 42.5 Å². The standard InChI is InChI=1S/C21H12N6OS/c22-12-15(19-26-18-4-2-9-24-20(18)29-19)17-7-10-25-21(27-17)28-14-5-6-16-13(11-14)3-1-8-23-16/h1-11,15H. The normalized spacial score (nSPS) is 12.0. The Kier molecular flexibility index (Phi) is 4.27. The number of hydrogen-bond acceptors (Lipinski definition) is 8. The van der Waals surface area contributed by atoms with Crippen LogP contribution in [-0.4, -0.2) is 24.9 Å². The second kappa shape index (κ2) is 7.22. The molecule has 0 saturated carbocycles. The van der Waals surface area contributed by atoms with E-state index in [4.69, 9.17) is 4.74 Å². The molecule has 5 rings (SSSR count). The van der Waals surface area contributed by atoms with Gasteiger partial charge < -0.3 is 4.74 Å². The highest BCUT2D eigenvalue weighted by molar-refractivity contribution is 7.18. The average Bonchev–Trinajstić information content (AvgIpc) is 3.18. The maximum absolute atomic E-state index is 9.75. The van der Waals surface area contributed by atoms with Crippen LogP contribution in [0.15, 0.2) is 67.1 Å². The van der Waals surface area contributed by atoms with E-state index in [0.717, 1.165) is 21.3 Å². The third kappa shape index (κ3) is 3.35. The maximum atomic E-state index is 9.75. The predicted molar refractivity (Wildman–Crippen MR) is 109 cm³/mol. The van der Waals surface area contributed by atoms with Gasteiger partial charge in [-0.3, -0.25) is 4.98 Å². The van der Waals surface area contributed by atoms with Crippen LogP contribution in [0, 0.1) is 11.3 Å². The highest BCUT2D eigenvalue weighted by atomic mass is 32.1. The van der Waals surface area contributed by atoms with E-state index < -0.39 is 5.92 Å². The van der Waals surface area contributed by atoms with Crippen molar-refractivity contribution in [2.75, 3.05) is 0 Å². The van der Waals surface area contributed by atoms with Crippen LogP contribution >= 0.6 is 11.3 Å². The van der Waals surface area contributed by atoms with Gasteiger partial charge in [-0.15, -0.1) is 0 Å². The lowest BCUT2D eigenvalue weighted by atomic mass is 10.1. The van der Waals surface area contributed by atoms with Gasteiger partial charge in [0.15, 0.2) is 0 Å². The Labute approximate surface area is 169 Å². The van der Waals surface area contributed by atoms with Crippen molar-refractivity contribution in [2.24, 2.45) is 0 Å². The summed E-state index contributed by atoms with van der Waals surface area (Å²) in [7, 11) is 0. The number of pyridine rings is 2. The number of thiazole rings is 1. The lowest BCUT2D eigenvalue weighted by molar-refractivity contribution is 0.440. The number of benzene rings is 1. The first kappa shape index (κ1) is 17.2. The van der Waals surface area contributed by atoms with Gasteiger partial charge in [0.05, 0.1) is 17.3 Å². The van der Waals surface area contributed by atoms with E-state index in [1.807, 2.05) is 42.5 Å². The molecule has 0 N–H and O–H groups in total. The van der Waals surface area contributed by atoms with Gasteiger partial charge in [-0.2, -0.15) is 10.2 Å². The maximum Gasteiger partial charge on any atom is 0.322 e. The molecular formula is C21H12N6OS. The van der Waals surface area contributed by atoms with E-state index in [1.54, 1.807) is 24.7 Å². The quantitative estimate of drug-likeness (QED) is 0.442. The SMILES string of the molecule is N#CC(c1ccnc(Oc2ccc3ncccc3c2)n1)c1nc2cccnc2s1. The molecule has 0 spiro atoms. The minimum absolute atomic E-state index is 0.172. The molecular weight excluding hydrogens is 384 g/mol. The molecule has 0 fully saturated rings. The number of nitriles is 1. The summed E-state index contributed by atoms with van der Waals surface area (Å²) in [6.07, 6.45) is 5.03. The fourth-order valence-electron chi connectivity index (χ4n) is 2.94. The first-order valence-corrected chi connectivity index (χ1v) is 9.58. The van der Waals surface area contributed by atoms with Crippen LogP contribution in [0.3, 0.4) is 0 Å². The van der Waals surface area contributed by atoms with Crippen molar-refractivity contribution in [1.29, 1.82) is 5.26 Å². The first-order valence-electron chi connectivity index (χ1n) is 8.77. The average molecular weight is 396 g/mol. The first-order chi connectivity index (χ1) is 14.3. The van der Waals surface area contributed by atoms with Crippen LogP contribution in [0.4, 0.5) is 0 Å². The van der Waals surface area contributed by atoms with E-state index in [9.17, 15) is 5.26 Å². The second-order valence-corrected chi connectivity index (χ2v) is 7.18. The van der Waals surface area contributed by atoms with E-state index in [1.165, 1.54) is 11.3 Å². The van der Waals surface area contributed by atoms with Crippen LogP contribution in [0.25, 0.3) is 21.3 Å². The molecule has 0 radical (unpaired) electrons. The number of nitrogens with zero attached hydrogens (tertiary/aromatic N) is 6. The minimum Gasteiger partial charge on any atom is -0.424 e. The Hall–Kier alpha value is -3.96. The molecule has 0 aliphatic carbocycles. The number of hydrogen-bond donors (Lipinski definition) is 0. The van der Waals surface area contributed by atoms with Crippen LogP contribution in [0.2, 0.25) is 0 Å². The van der Waals surface area contributed by atoms with Crippen LogP contribution < -0.4 is 4.74 Å². The number of ether oxygens (including phenoxy) is 1. The van der Waals surface area contributed by atoms with Crippen molar-refractivity contribution >= 4 is 32.6 Å². The van der Waals surface area contributed by atoms with Crippen LogP contribution in [-0.2, 0) is 0 Å². The highest BCUT2D eigenvalue weighted by Crippen LogP contribution is 2.30. The van der Waals surface area contributed by atoms with Gasteiger partial charge in [0.2, 0.25) is 0 Å². The zero-order valence-corrected chi connectivity index (χ0v) is 15.7. The molecule has 0 aliphatic rings. The smallest absolute Gasteiger partial charge is 0.322 e. The zero-order valence-electron chi connectivity index (χ0n) is 14.9. The van der Waals surface area contributed by atoms with Gasteiger partial charge in [0.1, 0.15) is 27.0 Å². The summed E-state index contributed by atoms with van der Waals surface area (Å²) < 4.78 is 5.83. The Balaban J connectivity index is 1.46. The fourth-order valence-corrected chi connectivity index (χ4v) is 3.91. The molecule has 0 amide bonds. The van der Waals surface area contributed by atoms with E-state index in [0.29, 0.717) is 16.5 Å². The molecule has 5 aromatic rings. The van der Waals surface area contributed by atoms with E-state index in [-0.39, 0.29) is 6.01 Å². The number of fused-ring (bicyclic) bond motifs is 2. The molecule has 8 heteroatoms. The van der Waals surface area contributed by atoms with Crippen molar-refractivity contribution in [1.82, 2.24) is 24.9 Å². The number of rotatable bonds is 4. The monoisotopic (exact) mass is 396 g/mol. The topological polar surface area (TPSA) is 97.5 Å². The molecule has 0 saturated heterocycles. The van der Waals surface area contributed by atoms with Gasteiger partial charge in [-0.25, -0.2) is 15.0 Å². The van der Waals surface area contributed by atoms with Gasteiger partial charge in [-0.1, -0.05) is 17.4 Å². The summed E-state index contributed by atoms with van der Waals surface area (Å²) in [6.45, 7) is 0. The minimum atomic E-state index is -0.625. The lowest BCUT2D eigenvalue weighted by Crippen LogP contribution is -2.03. The van der Waals surface area contributed by atoms with E-state index >= 15 is 0 Å². The summed E-state index contributed by atoms with van der Waals surface area (Å²) in [5.41, 5.74) is 2.17. The molecule has 7 nitrogen and oxygen atoms in total. The Morgan fingerprint density at radius 2 is 1.79 bits per heavy atom. The molecule has 29 heavy (non-hydrogen) atoms. The molecule has 1 aromatic carbocycles. The molecule has 4 aromatic heterocycles. The van der Waals surface area contributed by atoms with Crippen molar-refractivity contribution in [3.8, 4) is 17.8 Å². The number of aromatic nitrogens is 5. The summed E-state index contributed by atoms with van der Waals surface area (Å²) in [5.74, 6) is -0.0271. The van der Waals surface area contributed by atoms with E-state index in [2.05, 4.69) is 31.0 Å². The zero-order chi connectivity index (χ0) is 19.6. The molecule has 138 valence electrons. The lowest BCUT2D eigenvalue weighted by Gasteiger charge is -2.08. The van der Waals surface area contributed by atoms with Crippen molar-refractivity contribution in [3.63, 3.8) is 0 Å². The van der Waals surface area contributed by atoms with Gasteiger partial charge in [0.25, 0.3) is 0 Å². The summed E-state index contributed by atoms with van der Waals surface area (Å²) in [6, 6.07) is 17.2. The van der Waals surface area contributed by atoms with Crippen molar-refractivity contribution in [3.05, 3.63) is 77.8 Å².